The number of benzene rings is 2. The van der Waals surface area contributed by atoms with E-state index in [0.29, 0.717) is 10.0 Å². The molecule has 2 aromatic carbocycles. The van der Waals surface area contributed by atoms with Crippen LogP contribution in [0.4, 0.5) is 0 Å². The van der Waals surface area contributed by atoms with E-state index in [1.807, 2.05) is 37.3 Å². The smallest absolute Gasteiger partial charge is 0.244 e. The third-order valence-corrected chi connectivity index (χ3v) is 3.87. The Balaban J connectivity index is 2.04. The topological polar surface area (TPSA) is 29.1 Å². The first-order chi connectivity index (χ1) is 10.6. The van der Waals surface area contributed by atoms with Crippen LogP contribution in [0, 0.1) is 0 Å². The number of rotatable bonds is 5. The Bertz CT molecular complexity index is 668. The molecule has 1 amide bonds. The van der Waals surface area contributed by atoms with Gasteiger partial charge in [-0.25, -0.2) is 0 Å². The molecule has 1 N–H and O–H groups in total. The van der Waals surface area contributed by atoms with Gasteiger partial charge in [-0.05, 0) is 35.8 Å². The fraction of sp³-hybridized carbons (Fsp3) is 0.167. The van der Waals surface area contributed by atoms with Crippen molar-refractivity contribution in [3.8, 4) is 0 Å². The average Bonchev–Trinajstić information content (AvgIpc) is 2.52. The van der Waals surface area contributed by atoms with E-state index in [9.17, 15) is 4.79 Å². The largest absolute Gasteiger partial charge is 0.346 e. The van der Waals surface area contributed by atoms with Gasteiger partial charge in [0.1, 0.15) is 0 Å². The van der Waals surface area contributed by atoms with Gasteiger partial charge in [0.15, 0.2) is 0 Å². The minimum Gasteiger partial charge on any atom is -0.346 e. The molecule has 0 aliphatic heterocycles. The lowest BCUT2D eigenvalue weighted by molar-refractivity contribution is -0.117. The van der Waals surface area contributed by atoms with Gasteiger partial charge in [0.25, 0.3) is 0 Å². The van der Waals surface area contributed by atoms with Crippen molar-refractivity contribution in [1.29, 1.82) is 0 Å². The molecule has 0 saturated heterocycles. The summed E-state index contributed by atoms with van der Waals surface area (Å²) in [6, 6.07) is 15.1. The average molecular weight is 334 g/mol. The van der Waals surface area contributed by atoms with Crippen LogP contribution in [0.3, 0.4) is 0 Å². The zero-order valence-corrected chi connectivity index (χ0v) is 13.7. The van der Waals surface area contributed by atoms with Crippen molar-refractivity contribution in [3.05, 3.63) is 75.8 Å². The van der Waals surface area contributed by atoms with Gasteiger partial charge in [-0.15, -0.1) is 0 Å². The Morgan fingerprint density at radius 3 is 2.55 bits per heavy atom. The summed E-state index contributed by atoms with van der Waals surface area (Å²) in [7, 11) is 0. The summed E-state index contributed by atoms with van der Waals surface area (Å²) >= 11 is 11.9. The first-order valence-electron chi connectivity index (χ1n) is 7.08. The minimum absolute atomic E-state index is 0.000889. The quantitative estimate of drug-likeness (QED) is 0.741. The van der Waals surface area contributed by atoms with Crippen LogP contribution in [-0.2, 0) is 4.79 Å². The molecule has 0 aromatic heterocycles. The fourth-order valence-electron chi connectivity index (χ4n) is 2.13. The van der Waals surface area contributed by atoms with Gasteiger partial charge < -0.3 is 5.32 Å². The highest BCUT2D eigenvalue weighted by molar-refractivity contribution is 6.35. The van der Waals surface area contributed by atoms with Crippen molar-refractivity contribution in [1.82, 2.24) is 5.32 Å². The maximum atomic E-state index is 12.1. The molecule has 2 aromatic rings. The van der Waals surface area contributed by atoms with E-state index in [1.165, 1.54) is 6.08 Å². The Kier molecular flexibility index (Phi) is 6.05. The molecule has 0 fully saturated rings. The van der Waals surface area contributed by atoms with Crippen LogP contribution in [0.2, 0.25) is 10.0 Å². The molecule has 4 heteroatoms. The highest BCUT2D eigenvalue weighted by atomic mass is 35.5. The first-order valence-corrected chi connectivity index (χ1v) is 7.84. The molecule has 2 rings (SSSR count). The van der Waals surface area contributed by atoms with Crippen LogP contribution < -0.4 is 5.32 Å². The molecular weight excluding hydrogens is 317 g/mol. The van der Waals surface area contributed by atoms with Crippen LogP contribution in [0.15, 0.2) is 54.6 Å². The van der Waals surface area contributed by atoms with E-state index in [2.05, 4.69) is 5.32 Å². The lowest BCUT2D eigenvalue weighted by atomic mass is 10.0. The number of carbonyl (C=O) groups excluding carboxylic acids is 1. The maximum absolute atomic E-state index is 12.1. The van der Waals surface area contributed by atoms with Gasteiger partial charge >= 0.3 is 0 Å². The standard InChI is InChI=1S/C18H17Cl2NO/c1-2-17(14-6-4-3-5-7-14)21-18(22)11-9-13-8-10-15(19)12-16(13)20/h3-12,17H,2H2,1H3,(H,21,22)/b11-9+/t17-/m1/s1. The molecular formula is C18H17Cl2NO. The monoisotopic (exact) mass is 333 g/mol. The maximum Gasteiger partial charge on any atom is 0.244 e. The zero-order valence-electron chi connectivity index (χ0n) is 12.2. The number of hydrogen-bond donors (Lipinski definition) is 1. The number of hydrogen-bond acceptors (Lipinski definition) is 1. The SMILES string of the molecule is CC[C@@H](NC(=O)/C=C/c1ccc(Cl)cc1Cl)c1ccccc1. The van der Waals surface area contributed by atoms with Crippen molar-refractivity contribution in [2.24, 2.45) is 0 Å². The van der Waals surface area contributed by atoms with E-state index in [-0.39, 0.29) is 11.9 Å². The summed E-state index contributed by atoms with van der Waals surface area (Å²) in [6.45, 7) is 2.04. The highest BCUT2D eigenvalue weighted by Gasteiger charge is 2.10. The summed E-state index contributed by atoms with van der Waals surface area (Å²) in [5.74, 6) is -0.151. The van der Waals surface area contributed by atoms with E-state index in [0.717, 1.165) is 17.5 Å². The summed E-state index contributed by atoms with van der Waals surface area (Å²) in [6.07, 6.45) is 4.00. The first kappa shape index (κ1) is 16.6. The molecule has 0 bridgehead atoms. The molecule has 1 atom stereocenters. The number of amides is 1. The predicted octanol–water partition coefficient (Wildman–Crippen LogP) is 5.27. The van der Waals surface area contributed by atoms with Crippen LogP contribution in [0.1, 0.15) is 30.5 Å². The molecule has 0 heterocycles. The molecule has 0 saturated carbocycles. The molecule has 22 heavy (non-hydrogen) atoms. The van der Waals surface area contributed by atoms with Gasteiger partial charge in [-0.3, -0.25) is 4.79 Å². The molecule has 2 nitrogen and oxygen atoms in total. The van der Waals surface area contributed by atoms with Crippen LogP contribution in [0.25, 0.3) is 6.08 Å². The highest BCUT2D eigenvalue weighted by Crippen LogP contribution is 2.22. The molecule has 0 radical (unpaired) electrons. The molecule has 0 unspecified atom stereocenters. The summed E-state index contributed by atoms with van der Waals surface area (Å²) in [4.78, 5) is 12.1. The van der Waals surface area contributed by atoms with Crippen molar-refractivity contribution >= 4 is 35.2 Å². The Morgan fingerprint density at radius 2 is 1.91 bits per heavy atom. The third-order valence-electron chi connectivity index (χ3n) is 3.30. The number of carbonyl (C=O) groups is 1. The second-order valence-corrected chi connectivity index (χ2v) is 5.72. The Morgan fingerprint density at radius 1 is 1.18 bits per heavy atom. The summed E-state index contributed by atoms with van der Waals surface area (Å²) in [5.41, 5.74) is 1.85. The van der Waals surface area contributed by atoms with Gasteiger partial charge in [-0.2, -0.15) is 0 Å². The lowest BCUT2D eigenvalue weighted by Crippen LogP contribution is -2.26. The van der Waals surface area contributed by atoms with E-state index in [1.54, 1.807) is 24.3 Å². The van der Waals surface area contributed by atoms with Crippen molar-refractivity contribution in [2.45, 2.75) is 19.4 Å². The lowest BCUT2D eigenvalue weighted by Gasteiger charge is -2.16. The minimum atomic E-state index is -0.151. The van der Waals surface area contributed by atoms with Crippen LogP contribution >= 0.6 is 23.2 Å². The van der Waals surface area contributed by atoms with E-state index < -0.39 is 0 Å². The fourth-order valence-corrected chi connectivity index (χ4v) is 2.60. The van der Waals surface area contributed by atoms with Gasteiger partial charge in [0.2, 0.25) is 5.91 Å². The number of halogens is 2. The van der Waals surface area contributed by atoms with Crippen molar-refractivity contribution in [3.63, 3.8) is 0 Å². The molecule has 0 aliphatic carbocycles. The number of nitrogens with one attached hydrogen (secondary N) is 1. The molecule has 0 aliphatic rings. The van der Waals surface area contributed by atoms with E-state index in [4.69, 9.17) is 23.2 Å². The van der Waals surface area contributed by atoms with Gasteiger partial charge in [-0.1, -0.05) is 66.5 Å². The Hall–Kier alpha value is -1.77. The van der Waals surface area contributed by atoms with Gasteiger partial charge in [0.05, 0.1) is 6.04 Å². The van der Waals surface area contributed by atoms with Crippen molar-refractivity contribution < 1.29 is 4.79 Å². The summed E-state index contributed by atoms with van der Waals surface area (Å²) in [5, 5.41) is 4.08. The summed E-state index contributed by atoms with van der Waals surface area (Å²) < 4.78 is 0. The molecule has 0 spiro atoms. The zero-order chi connectivity index (χ0) is 15.9. The normalized spacial score (nSPS) is 12.3. The van der Waals surface area contributed by atoms with Crippen LogP contribution in [-0.4, -0.2) is 5.91 Å². The predicted molar refractivity (Wildman–Crippen MR) is 93.1 cm³/mol. The van der Waals surface area contributed by atoms with Crippen LogP contribution in [0.5, 0.6) is 0 Å². The Labute approximate surface area is 140 Å². The second-order valence-electron chi connectivity index (χ2n) is 4.88. The van der Waals surface area contributed by atoms with E-state index >= 15 is 0 Å². The second kappa shape index (κ2) is 8.02. The van der Waals surface area contributed by atoms with Crippen molar-refractivity contribution in [2.75, 3.05) is 0 Å². The third kappa shape index (κ3) is 4.62. The van der Waals surface area contributed by atoms with Gasteiger partial charge in [0, 0.05) is 16.1 Å². The molecule has 114 valence electrons.